The van der Waals surface area contributed by atoms with Crippen LogP contribution in [0.5, 0.6) is 0 Å². The Labute approximate surface area is 138 Å². The number of amides is 1. The first-order valence-corrected chi connectivity index (χ1v) is 7.69. The van der Waals surface area contributed by atoms with Crippen LogP contribution in [0.2, 0.25) is 0 Å². The number of carbonyl (C=O) groups excluding carboxylic acids is 1. The average Bonchev–Trinajstić information content (AvgIpc) is 3.15. The largest absolute Gasteiger partial charge is 0.480 e. The van der Waals surface area contributed by atoms with Gasteiger partial charge in [-0.3, -0.25) is 4.79 Å². The van der Waals surface area contributed by atoms with E-state index in [1.54, 1.807) is 6.26 Å². The topological polar surface area (TPSA) is 70.8 Å². The van der Waals surface area contributed by atoms with Crippen LogP contribution >= 0.6 is 0 Å². The minimum Gasteiger partial charge on any atom is -0.480 e. The second-order valence-electron chi connectivity index (χ2n) is 5.96. The highest BCUT2D eigenvalue weighted by atomic mass is 16.4. The molecule has 120 valence electrons. The zero-order valence-corrected chi connectivity index (χ0v) is 13.0. The van der Waals surface area contributed by atoms with Gasteiger partial charge in [0.2, 0.25) is 0 Å². The van der Waals surface area contributed by atoms with Crippen LogP contribution in [0.4, 0.5) is 0 Å². The van der Waals surface area contributed by atoms with Crippen LogP contribution in [0.15, 0.2) is 53.1 Å². The molecule has 1 aliphatic rings. The lowest BCUT2D eigenvalue weighted by atomic mass is 10.00. The van der Waals surface area contributed by atoms with E-state index in [4.69, 9.17) is 9.52 Å². The van der Waals surface area contributed by atoms with Gasteiger partial charge in [0.25, 0.3) is 5.91 Å². The van der Waals surface area contributed by atoms with Gasteiger partial charge < -0.3 is 14.4 Å². The summed E-state index contributed by atoms with van der Waals surface area (Å²) in [7, 11) is 0. The smallest absolute Gasteiger partial charge is 0.326 e. The highest BCUT2D eigenvalue weighted by Gasteiger charge is 2.34. The van der Waals surface area contributed by atoms with Gasteiger partial charge in [-0.1, -0.05) is 30.3 Å². The number of hydrogen-bond acceptors (Lipinski definition) is 3. The third kappa shape index (κ3) is 2.09. The van der Waals surface area contributed by atoms with Crippen LogP contribution in [0.1, 0.15) is 22.8 Å². The Hall–Kier alpha value is -3.08. The molecule has 0 fully saturated rings. The molecule has 2 aromatic carbocycles. The van der Waals surface area contributed by atoms with E-state index in [9.17, 15) is 9.59 Å². The summed E-state index contributed by atoms with van der Waals surface area (Å²) in [5.41, 5.74) is 4.01. The van der Waals surface area contributed by atoms with Crippen molar-refractivity contribution in [3.8, 4) is 11.1 Å². The Kier molecular flexibility index (Phi) is 3.16. The van der Waals surface area contributed by atoms with E-state index in [1.807, 2.05) is 42.5 Å². The summed E-state index contributed by atoms with van der Waals surface area (Å²) >= 11 is 0. The number of aliphatic carboxylic acids is 1. The summed E-state index contributed by atoms with van der Waals surface area (Å²) in [4.78, 5) is 25.1. The Morgan fingerprint density at radius 2 is 2.00 bits per heavy atom. The molecule has 3 aromatic rings. The van der Waals surface area contributed by atoms with Gasteiger partial charge >= 0.3 is 5.97 Å². The lowest BCUT2D eigenvalue weighted by Gasteiger charge is -2.19. The Morgan fingerprint density at radius 1 is 1.21 bits per heavy atom. The summed E-state index contributed by atoms with van der Waals surface area (Å²) < 4.78 is 5.57. The normalized spacial score (nSPS) is 14.9. The molecule has 1 amide bonds. The number of fused-ring (bicyclic) bond motifs is 2. The standard InChI is InChI=1S/C19H15NO4/c1-11(19(22)23)20-9-13-7-6-12(8-15(13)18(20)21)16-10-24-17-5-3-2-4-14(16)17/h2-8,10-11H,9H2,1H3,(H,22,23)/t11-/m0/s1. The van der Waals surface area contributed by atoms with E-state index < -0.39 is 12.0 Å². The van der Waals surface area contributed by atoms with Crippen LogP contribution in [0, 0.1) is 0 Å². The summed E-state index contributed by atoms with van der Waals surface area (Å²) in [6, 6.07) is 12.5. The van der Waals surface area contributed by atoms with Gasteiger partial charge in [0.15, 0.2) is 0 Å². The fourth-order valence-corrected chi connectivity index (χ4v) is 3.14. The number of carboxylic acid groups (broad SMARTS) is 1. The Bertz CT molecular complexity index is 972. The molecule has 0 unspecified atom stereocenters. The molecule has 1 atom stereocenters. The van der Waals surface area contributed by atoms with Crippen molar-refractivity contribution in [3.63, 3.8) is 0 Å². The zero-order chi connectivity index (χ0) is 16.8. The maximum Gasteiger partial charge on any atom is 0.326 e. The molecular weight excluding hydrogens is 306 g/mol. The zero-order valence-electron chi connectivity index (χ0n) is 13.0. The van der Waals surface area contributed by atoms with Gasteiger partial charge in [-0.25, -0.2) is 4.79 Å². The van der Waals surface area contributed by atoms with E-state index in [2.05, 4.69) is 0 Å². The molecule has 5 nitrogen and oxygen atoms in total. The quantitative estimate of drug-likeness (QED) is 0.801. The summed E-state index contributed by atoms with van der Waals surface area (Å²) in [5.74, 6) is -1.24. The highest BCUT2D eigenvalue weighted by Crippen LogP contribution is 2.34. The van der Waals surface area contributed by atoms with E-state index >= 15 is 0 Å². The molecule has 0 saturated heterocycles. The number of para-hydroxylation sites is 1. The van der Waals surface area contributed by atoms with Gasteiger partial charge in [-0.2, -0.15) is 0 Å². The molecule has 24 heavy (non-hydrogen) atoms. The van der Waals surface area contributed by atoms with Gasteiger partial charge in [0.05, 0.1) is 6.26 Å². The van der Waals surface area contributed by atoms with Crippen molar-refractivity contribution in [1.29, 1.82) is 0 Å². The minimum atomic E-state index is -1.00. The van der Waals surface area contributed by atoms with Crippen LogP contribution in [0.3, 0.4) is 0 Å². The first kappa shape index (κ1) is 14.5. The highest BCUT2D eigenvalue weighted by molar-refractivity contribution is 6.02. The van der Waals surface area contributed by atoms with E-state index in [0.29, 0.717) is 12.1 Å². The van der Waals surface area contributed by atoms with Gasteiger partial charge in [-0.15, -0.1) is 0 Å². The van der Waals surface area contributed by atoms with Crippen molar-refractivity contribution in [2.24, 2.45) is 0 Å². The Balaban J connectivity index is 1.76. The van der Waals surface area contributed by atoms with Crippen molar-refractivity contribution in [3.05, 3.63) is 59.9 Å². The first-order valence-electron chi connectivity index (χ1n) is 7.69. The predicted octanol–water partition coefficient (Wildman–Crippen LogP) is 3.53. The van der Waals surface area contributed by atoms with Crippen LogP contribution in [-0.2, 0) is 11.3 Å². The summed E-state index contributed by atoms with van der Waals surface area (Å²) in [6.07, 6.45) is 1.68. The number of carbonyl (C=O) groups is 2. The second-order valence-corrected chi connectivity index (χ2v) is 5.96. The summed E-state index contributed by atoms with van der Waals surface area (Å²) in [6.45, 7) is 1.85. The van der Waals surface area contributed by atoms with Crippen LogP contribution in [-0.4, -0.2) is 27.9 Å². The SMILES string of the molecule is C[C@@H](C(=O)O)N1Cc2ccc(-c3coc4ccccc34)cc2C1=O. The van der Waals surface area contributed by atoms with Gasteiger partial charge in [-0.05, 0) is 30.2 Å². The maximum atomic E-state index is 12.6. The van der Waals surface area contributed by atoms with Crippen molar-refractivity contribution < 1.29 is 19.1 Å². The number of carboxylic acids is 1. The molecule has 0 bridgehead atoms. The molecular formula is C19H15NO4. The van der Waals surface area contributed by atoms with Crippen molar-refractivity contribution >= 4 is 22.8 Å². The molecule has 0 aliphatic carbocycles. The van der Waals surface area contributed by atoms with Gasteiger partial charge in [0, 0.05) is 23.1 Å². The molecule has 0 radical (unpaired) electrons. The predicted molar refractivity (Wildman–Crippen MR) is 88.6 cm³/mol. The van der Waals surface area contributed by atoms with E-state index in [-0.39, 0.29) is 5.91 Å². The number of nitrogens with zero attached hydrogens (tertiary/aromatic N) is 1. The molecule has 4 rings (SSSR count). The molecule has 0 spiro atoms. The maximum absolute atomic E-state index is 12.6. The average molecular weight is 321 g/mol. The third-order valence-corrected chi connectivity index (χ3v) is 4.56. The lowest BCUT2D eigenvalue weighted by molar-refractivity contribution is -0.141. The van der Waals surface area contributed by atoms with E-state index in [0.717, 1.165) is 27.7 Å². The number of furan rings is 1. The second kappa shape index (κ2) is 5.23. The fourth-order valence-electron chi connectivity index (χ4n) is 3.14. The molecule has 1 aromatic heterocycles. The first-order chi connectivity index (χ1) is 11.6. The minimum absolute atomic E-state index is 0.241. The molecule has 1 aliphatic heterocycles. The molecule has 1 N–H and O–H groups in total. The molecule has 0 saturated carbocycles. The number of benzene rings is 2. The lowest BCUT2D eigenvalue weighted by Crippen LogP contribution is -2.38. The van der Waals surface area contributed by atoms with Crippen molar-refractivity contribution in [1.82, 2.24) is 4.90 Å². The number of hydrogen-bond donors (Lipinski definition) is 1. The van der Waals surface area contributed by atoms with Crippen LogP contribution < -0.4 is 0 Å². The third-order valence-electron chi connectivity index (χ3n) is 4.56. The van der Waals surface area contributed by atoms with E-state index in [1.165, 1.54) is 11.8 Å². The number of rotatable bonds is 3. The Morgan fingerprint density at radius 3 is 2.79 bits per heavy atom. The molecule has 2 heterocycles. The summed E-state index contributed by atoms with van der Waals surface area (Å²) in [5, 5.41) is 10.1. The van der Waals surface area contributed by atoms with Crippen LogP contribution in [0.25, 0.3) is 22.1 Å². The van der Waals surface area contributed by atoms with Gasteiger partial charge in [0.1, 0.15) is 11.6 Å². The molecule has 5 heteroatoms. The van der Waals surface area contributed by atoms with Crippen molar-refractivity contribution in [2.45, 2.75) is 19.5 Å². The van der Waals surface area contributed by atoms with Crippen molar-refractivity contribution in [2.75, 3.05) is 0 Å². The monoisotopic (exact) mass is 321 g/mol. The fraction of sp³-hybridized carbons (Fsp3) is 0.158.